The maximum Gasteiger partial charge on any atom is 0.0622 e. The van der Waals surface area contributed by atoms with Crippen LogP contribution < -0.4 is 5.32 Å². The molecule has 2 aromatic rings. The van der Waals surface area contributed by atoms with Gasteiger partial charge in [-0.05, 0) is 48.4 Å². The highest BCUT2D eigenvalue weighted by Crippen LogP contribution is 2.30. The third kappa shape index (κ3) is 3.95. The van der Waals surface area contributed by atoms with Crippen LogP contribution in [0.4, 0.5) is 0 Å². The molecule has 1 aromatic carbocycles. The number of hydrogen-bond donors (Lipinski definition) is 1. The van der Waals surface area contributed by atoms with Crippen molar-refractivity contribution in [3.8, 4) is 0 Å². The Morgan fingerprint density at radius 1 is 1.30 bits per heavy atom. The van der Waals surface area contributed by atoms with E-state index in [4.69, 9.17) is 23.2 Å². The van der Waals surface area contributed by atoms with Gasteiger partial charge in [0.25, 0.3) is 0 Å². The van der Waals surface area contributed by atoms with Crippen molar-refractivity contribution in [2.75, 3.05) is 6.54 Å². The van der Waals surface area contributed by atoms with Crippen LogP contribution in [0, 0.1) is 0 Å². The lowest BCUT2D eigenvalue weighted by Gasteiger charge is -2.20. The predicted octanol–water partition coefficient (Wildman–Crippen LogP) is 5.04. The maximum absolute atomic E-state index is 6.20. The number of aromatic nitrogens is 1. The molecule has 0 saturated heterocycles. The first-order valence-electron chi connectivity index (χ1n) is 6.38. The van der Waals surface area contributed by atoms with Gasteiger partial charge in [-0.25, -0.2) is 0 Å². The van der Waals surface area contributed by atoms with Gasteiger partial charge in [-0.2, -0.15) is 0 Å². The summed E-state index contributed by atoms with van der Waals surface area (Å²) in [7, 11) is 0. The van der Waals surface area contributed by atoms with Crippen molar-refractivity contribution in [3.63, 3.8) is 0 Å². The van der Waals surface area contributed by atoms with Gasteiger partial charge in [0.1, 0.15) is 0 Å². The standard InChI is InChI=1S/C15H15BrCl2N2/c1-2-20-15(7-10-5-6-19-9-14(10)18)12-8-11(17)3-4-13(12)16/h3-6,8-9,15,20H,2,7H2,1H3. The Hall–Kier alpha value is -0.610. The van der Waals surface area contributed by atoms with Gasteiger partial charge in [0, 0.05) is 27.9 Å². The maximum atomic E-state index is 6.20. The quantitative estimate of drug-likeness (QED) is 0.793. The zero-order valence-corrected chi connectivity index (χ0v) is 14.1. The number of rotatable bonds is 5. The van der Waals surface area contributed by atoms with Crippen LogP contribution in [0.25, 0.3) is 0 Å². The average molecular weight is 374 g/mol. The Morgan fingerprint density at radius 2 is 2.10 bits per heavy atom. The number of likely N-dealkylation sites (N-methyl/N-ethyl adjacent to an activating group) is 1. The molecule has 1 aromatic heterocycles. The minimum Gasteiger partial charge on any atom is -0.310 e. The second-order valence-electron chi connectivity index (χ2n) is 4.45. The summed E-state index contributed by atoms with van der Waals surface area (Å²) in [6, 6.07) is 7.92. The van der Waals surface area contributed by atoms with Crippen molar-refractivity contribution in [3.05, 3.63) is 62.3 Å². The number of benzene rings is 1. The number of hydrogen-bond acceptors (Lipinski definition) is 2. The van der Waals surface area contributed by atoms with Gasteiger partial charge < -0.3 is 5.32 Å². The van der Waals surface area contributed by atoms with Crippen LogP contribution in [0.1, 0.15) is 24.1 Å². The molecule has 1 heterocycles. The van der Waals surface area contributed by atoms with Crippen molar-refractivity contribution in [1.29, 1.82) is 0 Å². The van der Waals surface area contributed by atoms with Crippen LogP contribution >= 0.6 is 39.1 Å². The molecule has 0 saturated carbocycles. The molecule has 106 valence electrons. The molecule has 0 aliphatic rings. The van der Waals surface area contributed by atoms with E-state index in [1.807, 2.05) is 24.3 Å². The summed E-state index contributed by atoms with van der Waals surface area (Å²) in [5.41, 5.74) is 2.20. The monoisotopic (exact) mass is 372 g/mol. The molecule has 5 heteroatoms. The van der Waals surface area contributed by atoms with E-state index in [0.29, 0.717) is 5.02 Å². The summed E-state index contributed by atoms with van der Waals surface area (Å²) in [5.74, 6) is 0. The Labute approximate surface area is 137 Å². The fourth-order valence-corrected chi connectivity index (χ4v) is 3.01. The van der Waals surface area contributed by atoms with E-state index in [1.165, 1.54) is 0 Å². The SMILES string of the molecule is CCNC(Cc1ccncc1Cl)c1cc(Cl)ccc1Br. The second-order valence-corrected chi connectivity index (χ2v) is 6.15. The number of nitrogens with zero attached hydrogens (tertiary/aromatic N) is 1. The first-order chi connectivity index (χ1) is 9.61. The van der Waals surface area contributed by atoms with E-state index < -0.39 is 0 Å². The Kier molecular flexibility index (Phi) is 5.85. The van der Waals surface area contributed by atoms with Crippen LogP contribution in [0.3, 0.4) is 0 Å². The summed E-state index contributed by atoms with van der Waals surface area (Å²) in [5, 5.41) is 4.89. The Balaban J connectivity index is 2.32. The van der Waals surface area contributed by atoms with Gasteiger partial charge in [-0.3, -0.25) is 4.98 Å². The van der Waals surface area contributed by atoms with Gasteiger partial charge in [0.2, 0.25) is 0 Å². The topological polar surface area (TPSA) is 24.9 Å². The second kappa shape index (κ2) is 7.41. The zero-order valence-electron chi connectivity index (χ0n) is 11.0. The summed E-state index contributed by atoms with van der Waals surface area (Å²) in [4.78, 5) is 4.02. The first kappa shape index (κ1) is 15.8. The lowest BCUT2D eigenvalue weighted by atomic mass is 9.99. The normalized spacial score (nSPS) is 12.4. The largest absolute Gasteiger partial charge is 0.310 e. The predicted molar refractivity (Wildman–Crippen MR) is 88.5 cm³/mol. The van der Waals surface area contributed by atoms with E-state index >= 15 is 0 Å². The Morgan fingerprint density at radius 3 is 2.80 bits per heavy atom. The smallest absolute Gasteiger partial charge is 0.0622 e. The molecule has 0 radical (unpaired) electrons. The fraction of sp³-hybridized carbons (Fsp3) is 0.267. The summed E-state index contributed by atoms with van der Waals surface area (Å²) < 4.78 is 1.04. The van der Waals surface area contributed by atoms with Crippen molar-refractivity contribution in [2.45, 2.75) is 19.4 Å². The minimum atomic E-state index is 0.146. The highest BCUT2D eigenvalue weighted by atomic mass is 79.9. The molecule has 0 amide bonds. The van der Waals surface area contributed by atoms with Crippen LogP contribution in [0.15, 0.2) is 41.1 Å². The van der Waals surface area contributed by atoms with Crippen molar-refractivity contribution in [2.24, 2.45) is 0 Å². The molecule has 2 rings (SSSR count). The molecular weight excluding hydrogens is 359 g/mol. The molecule has 1 N–H and O–H groups in total. The molecule has 0 fully saturated rings. The minimum absolute atomic E-state index is 0.146. The van der Waals surface area contributed by atoms with Crippen LogP contribution in [-0.4, -0.2) is 11.5 Å². The molecule has 1 unspecified atom stereocenters. The van der Waals surface area contributed by atoms with Gasteiger partial charge >= 0.3 is 0 Å². The van der Waals surface area contributed by atoms with E-state index in [2.05, 4.69) is 33.2 Å². The number of halogens is 3. The summed E-state index contributed by atoms with van der Waals surface area (Å²) in [6.07, 6.45) is 4.22. The third-order valence-corrected chi connectivity index (χ3v) is 4.36. The molecule has 0 aliphatic heterocycles. The molecule has 0 spiro atoms. The van der Waals surface area contributed by atoms with Crippen molar-refractivity contribution in [1.82, 2.24) is 10.3 Å². The van der Waals surface area contributed by atoms with E-state index in [-0.39, 0.29) is 6.04 Å². The van der Waals surface area contributed by atoms with Crippen molar-refractivity contribution >= 4 is 39.1 Å². The van der Waals surface area contributed by atoms with E-state index in [9.17, 15) is 0 Å². The van der Waals surface area contributed by atoms with Gasteiger partial charge in [-0.1, -0.05) is 46.1 Å². The van der Waals surface area contributed by atoms with Gasteiger partial charge in [-0.15, -0.1) is 0 Å². The highest BCUT2D eigenvalue weighted by molar-refractivity contribution is 9.10. The molecule has 20 heavy (non-hydrogen) atoms. The molecule has 0 bridgehead atoms. The number of nitrogens with one attached hydrogen (secondary N) is 1. The first-order valence-corrected chi connectivity index (χ1v) is 7.93. The zero-order chi connectivity index (χ0) is 14.5. The average Bonchev–Trinajstić information content (AvgIpc) is 2.43. The number of pyridine rings is 1. The Bertz CT molecular complexity index is 590. The van der Waals surface area contributed by atoms with Gasteiger partial charge in [0.05, 0.1) is 5.02 Å². The van der Waals surface area contributed by atoms with Crippen LogP contribution in [0.5, 0.6) is 0 Å². The molecular formula is C15H15BrCl2N2. The third-order valence-electron chi connectivity index (χ3n) is 3.06. The molecule has 2 nitrogen and oxygen atoms in total. The summed E-state index contributed by atoms with van der Waals surface area (Å²) in [6.45, 7) is 2.95. The summed E-state index contributed by atoms with van der Waals surface area (Å²) >= 11 is 15.9. The van der Waals surface area contributed by atoms with Crippen LogP contribution in [0.2, 0.25) is 10.0 Å². The van der Waals surface area contributed by atoms with Crippen LogP contribution in [-0.2, 0) is 6.42 Å². The molecule has 1 atom stereocenters. The molecule has 0 aliphatic carbocycles. The van der Waals surface area contributed by atoms with E-state index in [1.54, 1.807) is 12.4 Å². The highest BCUT2D eigenvalue weighted by Gasteiger charge is 2.16. The van der Waals surface area contributed by atoms with Gasteiger partial charge in [0.15, 0.2) is 0 Å². The lowest BCUT2D eigenvalue weighted by molar-refractivity contribution is 0.548. The van der Waals surface area contributed by atoms with E-state index in [0.717, 1.165) is 33.6 Å². The lowest BCUT2D eigenvalue weighted by Crippen LogP contribution is -2.23. The van der Waals surface area contributed by atoms with Crippen molar-refractivity contribution < 1.29 is 0 Å². The fourth-order valence-electron chi connectivity index (χ4n) is 2.11.